The molecular formula is C27H30N2O. The van der Waals surface area contributed by atoms with Crippen LogP contribution in [0.25, 0.3) is 0 Å². The third kappa shape index (κ3) is 4.28. The van der Waals surface area contributed by atoms with Crippen molar-refractivity contribution in [3.8, 4) is 5.75 Å². The first-order chi connectivity index (χ1) is 14.8. The Kier molecular flexibility index (Phi) is 5.56. The van der Waals surface area contributed by atoms with Crippen LogP contribution in [-0.2, 0) is 19.6 Å². The Morgan fingerprint density at radius 2 is 1.27 bits per heavy atom. The first-order valence-electron chi connectivity index (χ1n) is 11.0. The van der Waals surface area contributed by atoms with E-state index in [1.54, 1.807) is 7.11 Å². The van der Waals surface area contributed by atoms with Crippen molar-refractivity contribution in [1.82, 2.24) is 9.80 Å². The Hall–Kier alpha value is -2.62. The Morgan fingerprint density at radius 3 is 1.77 bits per heavy atom. The van der Waals surface area contributed by atoms with Crippen LogP contribution in [0.4, 0.5) is 0 Å². The van der Waals surface area contributed by atoms with Crippen LogP contribution >= 0.6 is 0 Å². The number of methoxy groups -OCH3 is 1. The molecule has 1 heterocycles. The van der Waals surface area contributed by atoms with Crippen LogP contribution < -0.4 is 4.74 Å². The number of likely N-dealkylation sites (tertiary alicyclic amines) is 1. The molecule has 1 aliphatic heterocycles. The molecule has 0 amide bonds. The molecule has 0 N–H and O–H groups in total. The van der Waals surface area contributed by atoms with E-state index in [4.69, 9.17) is 4.74 Å². The van der Waals surface area contributed by atoms with Crippen molar-refractivity contribution in [2.45, 2.75) is 25.7 Å². The quantitative estimate of drug-likeness (QED) is 0.541. The highest BCUT2D eigenvalue weighted by atomic mass is 16.5. The second-order valence-corrected chi connectivity index (χ2v) is 8.74. The van der Waals surface area contributed by atoms with E-state index < -0.39 is 0 Å². The maximum absolute atomic E-state index is 5.28. The highest BCUT2D eigenvalue weighted by Crippen LogP contribution is 2.50. The van der Waals surface area contributed by atoms with Crippen molar-refractivity contribution in [2.75, 3.05) is 20.2 Å². The minimum absolute atomic E-state index is 0.706. The highest BCUT2D eigenvalue weighted by Gasteiger charge is 2.57. The molecule has 0 bridgehead atoms. The third-order valence-corrected chi connectivity index (χ3v) is 6.67. The molecule has 3 heteroatoms. The molecule has 0 aromatic heterocycles. The summed E-state index contributed by atoms with van der Waals surface area (Å²) in [5.74, 6) is 2.53. The number of nitrogens with zero attached hydrogens (tertiary/aromatic N) is 2. The van der Waals surface area contributed by atoms with Gasteiger partial charge in [-0.2, -0.15) is 0 Å². The number of piperidine rings is 1. The number of rotatable bonds is 8. The molecule has 3 nitrogen and oxygen atoms in total. The van der Waals surface area contributed by atoms with Gasteiger partial charge in [-0.15, -0.1) is 0 Å². The van der Waals surface area contributed by atoms with Gasteiger partial charge in [-0.25, -0.2) is 0 Å². The van der Waals surface area contributed by atoms with Crippen molar-refractivity contribution in [3.63, 3.8) is 0 Å². The van der Waals surface area contributed by atoms with Crippen LogP contribution in [0.5, 0.6) is 5.75 Å². The third-order valence-electron chi connectivity index (χ3n) is 6.67. The molecule has 154 valence electrons. The first-order valence-corrected chi connectivity index (χ1v) is 11.0. The Balaban J connectivity index is 1.23. The molecule has 2 fully saturated rings. The molecule has 5 rings (SSSR count). The molecule has 1 saturated carbocycles. The molecule has 2 unspecified atom stereocenters. The number of hydrogen-bond donors (Lipinski definition) is 0. The normalized spacial score (nSPS) is 22.8. The van der Waals surface area contributed by atoms with Crippen LogP contribution in [0.1, 0.15) is 16.7 Å². The molecule has 1 saturated heterocycles. The standard InChI is InChI=1S/C27H30N2O/c1-30-24-14-12-23(13-15-24)16-28-19-25-26(20-28)27(25)29(17-21-8-4-2-5-9-21)18-22-10-6-3-7-11-22/h2-15,25-27H,16-20H2,1H3. The van der Waals surface area contributed by atoms with E-state index in [2.05, 4.69) is 94.7 Å². The second-order valence-electron chi connectivity index (χ2n) is 8.74. The highest BCUT2D eigenvalue weighted by molar-refractivity contribution is 5.27. The number of hydrogen-bond acceptors (Lipinski definition) is 3. The molecule has 2 atom stereocenters. The molecule has 3 aromatic rings. The van der Waals surface area contributed by atoms with Gasteiger partial charge in [-0.05, 0) is 40.7 Å². The number of ether oxygens (including phenoxy) is 1. The van der Waals surface area contributed by atoms with Crippen LogP contribution in [0.2, 0.25) is 0 Å². The zero-order valence-electron chi connectivity index (χ0n) is 17.7. The maximum atomic E-state index is 5.28. The largest absolute Gasteiger partial charge is 0.497 e. The fraction of sp³-hybridized carbons (Fsp3) is 0.333. The van der Waals surface area contributed by atoms with Gasteiger partial charge in [-0.1, -0.05) is 72.8 Å². The summed E-state index contributed by atoms with van der Waals surface area (Å²) in [4.78, 5) is 5.33. The van der Waals surface area contributed by atoms with E-state index in [0.29, 0.717) is 6.04 Å². The summed E-state index contributed by atoms with van der Waals surface area (Å²) in [6.07, 6.45) is 0. The van der Waals surface area contributed by atoms with Crippen LogP contribution in [-0.4, -0.2) is 36.0 Å². The molecule has 2 aliphatic rings. The first kappa shape index (κ1) is 19.3. The van der Waals surface area contributed by atoms with Gasteiger partial charge in [0.1, 0.15) is 5.75 Å². The second kappa shape index (κ2) is 8.63. The fourth-order valence-electron chi connectivity index (χ4n) is 5.14. The number of benzene rings is 3. The van der Waals surface area contributed by atoms with Crippen molar-refractivity contribution in [1.29, 1.82) is 0 Å². The molecule has 3 aromatic carbocycles. The Bertz CT molecular complexity index is 888. The molecular weight excluding hydrogens is 368 g/mol. The van der Waals surface area contributed by atoms with Gasteiger partial charge in [0.05, 0.1) is 7.11 Å². The summed E-state index contributed by atoms with van der Waals surface area (Å²) in [7, 11) is 1.72. The van der Waals surface area contributed by atoms with Crippen molar-refractivity contribution in [3.05, 3.63) is 102 Å². The van der Waals surface area contributed by atoms with E-state index in [1.165, 1.54) is 29.8 Å². The monoisotopic (exact) mass is 398 g/mol. The summed E-state index contributed by atoms with van der Waals surface area (Å²) in [6, 6.07) is 31.1. The van der Waals surface area contributed by atoms with Crippen LogP contribution in [0.15, 0.2) is 84.9 Å². The summed E-state index contributed by atoms with van der Waals surface area (Å²) < 4.78 is 5.28. The van der Waals surface area contributed by atoms with E-state index in [9.17, 15) is 0 Å². The van der Waals surface area contributed by atoms with Gasteiger partial charge in [-0.3, -0.25) is 9.80 Å². The lowest BCUT2D eigenvalue weighted by Gasteiger charge is -2.27. The molecule has 30 heavy (non-hydrogen) atoms. The average Bonchev–Trinajstić information content (AvgIpc) is 3.30. The lowest BCUT2D eigenvalue weighted by atomic mass is 10.1. The van der Waals surface area contributed by atoms with Gasteiger partial charge in [0.25, 0.3) is 0 Å². The fourth-order valence-corrected chi connectivity index (χ4v) is 5.14. The Labute approximate surface area is 179 Å². The topological polar surface area (TPSA) is 15.7 Å². The van der Waals surface area contributed by atoms with E-state index in [-0.39, 0.29) is 0 Å². The minimum atomic E-state index is 0.706. The van der Waals surface area contributed by atoms with E-state index >= 15 is 0 Å². The van der Waals surface area contributed by atoms with E-state index in [0.717, 1.165) is 37.2 Å². The predicted molar refractivity (Wildman–Crippen MR) is 121 cm³/mol. The van der Waals surface area contributed by atoms with Gasteiger partial charge in [0, 0.05) is 38.8 Å². The van der Waals surface area contributed by atoms with Crippen molar-refractivity contribution >= 4 is 0 Å². The molecule has 0 spiro atoms. The van der Waals surface area contributed by atoms with Crippen LogP contribution in [0, 0.1) is 11.8 Å². The number of fused-ring (bicyclic) bond motifs is 1. The molecule has 0 radical (unpaired) electrons. The van der Waals surface area contributed by atoms with Crippen LogP contribution in [0.3, 0.4) is 0 Å². The molecule has 1 aliphatic carbocycles. The van der Waals surface area contributed by atoms with Gasteiger partial charge in [0.15, 0.2) is 0 Å². The smallest absolute Gasteiger partial charge is 0.118 e. The zero-order chi connectivity index (χ0) is 20.3. The van der Waals surface area contributed by atoms with Gasteiger partial charge >= 0.3 is 0 Å². The predicted octanol–water partition coefficient (Wildman–Crippen LogP) is 4.83. The SMILES string of the molecule is COc1ccc(CN2CC3C(C2)C3N(Cc2ccccc2)Cc2ccccc2)cc1. The van der Waals surface area contributed by atoms with Gasteiger partial charge in [0.2, 0.25) is 0 Å². The lowest BCUT2D eigenvalue weighted by Crippen LogP contribution is -2.34. The summed E-state index contributed by atoms with van der Waals surface area (Å²) >= 11 is 0. The minimum Gasteiger partial charge on any atom is -0.497 e. The average molecular weight is 399 g/mol. The summed E-state index contributed by atoms with van der Waals surface area (Å²) in [5, 5.41) is 0. The van der Waals surface area contributed by atoms with E-state index in [1.807, 2.05) is 0 Å². The van der Waals surface area contributed by atoms with Crippen molar-refractivity contribution in [2.24, 2.45) is 11.8 Å². The Morgan fingerprint density at radius 1 is 0.733 bits per heavy atom. The summed E-state index contributed by atoms with van der Waals surface area (Å²) in [6.45, 7) is 5.53. The zero-order valence-corrected chi connectivity index (χ0v) is 17.7. The lowest BCUT2D eigenvalue weighted by molar-refractivity contribution is 0.182. The summed E-state index contributed by atoms with van der Waals surface area (Å²) in [5.41, 5.74) is 4.20. The van der Waals surface area contributed by atoms with Crippen molar-refractivity contribution < 1.29 is 4.74 Å². The van der Waals surface area contributed by atoms with Gasteiger partial charge < -0.3 is 4.74 Å². The maximum Gasteiger partial charge on any atom is 0.118 e.